The first-order chi connectivity index (χ1) is 21.4. The lowest BCUT2D eigenvalue weighted by Gasteiger charge is -2.66. The van der Waals surface area contributed by atoms with Gasteiger partial charge in [0.2, 0.25) is 11.8 Å². The number of carbonyl (C=O) groups excluding carboxylic acids is 4. The number of hydrogen-bond acceptors (Lipinski definition) is 9. The van der Waals surface area contributed by atoms with Crippen LogP contribution in [0.3, 0.4) is 0 Å². The highest BCUT2D eigenvalue weighted by molar-refractivity contribution is 6.09. The number of ketones is 2. The average Bonchev–Trinajstić information content (AvgIpc) is 2.93. The van der Waals surface area contributed by atoms with Gasteiger partial charge < -0.3 is 36.4 Å². The van der Waals surface area contributed by atoms with Crippen LogP contribution in [-0.2, 0) is 27.3 Å². The number of carbonyl (C=O) groups is 4. The van der Waals surface area contributed by atoms with E-state index >= 15 is 0 Å². The lowest BCUT2D eigenvalue weighted by atomic mass is 9.39. The average molecular weight is 636 g/mol. The molecule has 2 aromatic carbocycles. The molecule has 0 radical (unpaired) electrons. The SMILES string of the molecule is CC(C)[C@H]1C(O)[C@@H](C(N)=O)C(=O)[C@]2(O)C(O)[C@H]3C(=O)c4c(O)ccc(-c5ccc(CNC(=O)CN(C)C)cc5)c4C[C@]3(C)C[C@]12C. The number of aromatic hydroxyl groups is 1. The topological polar surface area (TPSA) is 190 Å². The number of nitrogens with one attached hydrogen (secondary N) is 1. The number of rotatable bonds is 7. The van der Waals surface area contributed by atoms with Crippen molar-refractivity contribution in [2.75, 3.05) is 20.6 Å². The van der Waals surface area contributed by atoms with E-state index in [0.29, 0.717) is 17.7 Å². The van der Waals surface area contributed by atoms with Crippen molar-refractivity contribution in [3.05, 3.63) is 53.1 Å². The summed E-state index contributed by atoms with van der Waals surface area (Å²) in [5, 5.41) is 49.4. The second-order valence-corrected chi connectivity index (χ2v) is 14.7. The van der Waals surface area contributed by atoms with E-state index in [4.69, 9.17) is 5.73 Å². The first kappa shape index (κ1) is 33.7. The fraction of sp³-hybridized carbons (Fsp3) is 0.543. The Bertz CT molecular complexity index is 1590. The van der Waals surface area contributed by atoms with Gasteiger partial charge in [-0.3, -0.25) is 19.2 Å². The van der Waals surface area contributed by atoms with Crippen molar-refractivity contribution in [3.8, 4) is 16.9 Å². The number of phenolic OH excluding ortho intramolecular Hbond substituents is 1. The van der Waals surface area contributed by atoms with Gasteiger partial charge in [-0.25, -0.2) is 0 Å². The second-order valence-electron chi connectivity index (χ2n) is 14.7. The minimum absolute atomic E-state index is 0.0152. The quantitative estimate of drug-likeness (QED) is 0.244. The number of aliphatic hydroxyl groups is 3. The van der Waals surface area contributed by atoms with E-state index in [9.17, 15) is 39.6 Å². The molecule has 8 atom stereocenters. The lowest BCUT2D eigenvalue weighted by molar-refractivity contribution is -0.265. The zero-order chi connectivity index (χ0) is 34.1. The zero-order valence-electron chi connectivity index (χ0n) is 27.2. The number of likely N-dealkylation sites (N-methyl/N-ethyl adjacent to an activating group) is 1. The molecule has 0 heterocycles. The Kier molecular flexibility index (Phi) is 8.47. The summed E-state index contributed by atoms with van der Waals surface area (Å²) in [7, 11) is 3.63. The molecular weight excluding hydrogens is 590 g/mol. The zero-order valence-corrected chi connectivity index (χ0v) is 27.2. The summed E-state index contributed by atoms with van der Waals surface area (Å²) in [5.41, 5.74) is 3.52. The number of Topliss-reactive ketones (excluding diaryl/α,β-unsaturated/α-hetero) is 2. The molecule has 7 N–H and O–H groups in total. The summed E-state index contributed by atoms with van der Waals surface area (Å²) in [6.07, 6.45) is -3.12. The monoisotopic (exact) mass is 635 g/mol. The third-order valence-electron chi connectivity index (χ3n) is 10.9. The number of benzene rings is 2. The molecule has 11 heteroatoms. The van der Waals surface area contributed by atoms with Crippen LogP contribution in [0.1, 0.15) is 55.6 Å². The largest absolute Gasteiger partial charge is 0.507 e. The molecule has 0 bridgehead atoms. The van der Waals surface area contributed by atoms with Crippen molar-refractivity contribution in [2.45, 2.75) is 64.9 Å². The van der Waals surface area contributed by atoms with Crippen molar-refractivity contribution in [3.63, 3.8) is 0 Å². The Hall–Kier alpha value is -3.64. The molecule has 0 saturated heterocycles. The van der Waals surface area contributed by atoms with Crippen molar-refractivity contribution in [1.82, 2.24) is 10.2 Å². The number of hydrogen-bond donors (Lipinski definition) is 6. The van der Waals surface area contributed by atoms with Gasteiger partial charge in [-0.2, -0.15) is 0 Å². The van der Waals surface area contributed by atoms with Gasteiger partial charge in [0.05, 0.1) is 24.1 Å². The van der Waals surface area contributed by atoms with Crippen LogP contribution in [0, 0.1) is 34.5 Å². The van der Waals surface area contributed by atoms with Crippen LogP contribution < -0.4 is 11.1 Å². The molecule has 0 spiro atoms. The normalized spacial score (nSPS) is 33.8. The molecule has 11 nitrogen and oxygen atoms in total. The molecule has 5 rings (SSSR count). The van der Waals surface area contributed by atoms with Crippen LogP contribution >= 0.6 is 0 Å². The third kappa shape index (κ3) is 4.95. The number of nitrogens with zero attached hydrogens (tertiary/aromatic N) is 1. The molecular formula is C35H45N3O8. The molecule has 2 amide bonds. The van der Waals surface area contributed by atoms with Gasteiger partial charge in [-0.1, -0.05) is 58.0 Å². The summed E-state index contributed by atoms with van der Waals surface area (Å²) in [6, 6.07) is 10.7. The van der Waals surface area contributed by atoms with E-state index < -0.39 is 63.9 Å². The van der Waals surface area contributed by atoms with E-state index in [1.54, 1.807) is 17.9 Å². The molecule has 2 fully saturated rings. The van der Waals surface area contributed by atoms with E-state index in [-0.39, 0.29) is 42.5 Å². The standard InChI is InChI=1S/C35H45N3O8/c1-17(2)26-29(42)25(32(36)45)30(43)35(46)31(44)27-28(41)24-21(13-33(27,3)16-34(26,35)4)20(11-12-22(24)39)19-9-7-18(8-10-19)14-37-23(40)15-38(5)6/h7-12,17,25-27,29,31,39,42,44,46H,13-16H2,1-6H3,(H2,36,45)(H,37,40)/t25-,26+,27-,29?,31?,33-,34-,35+/m1/s1. The molecule has 0 aromatic heterocycles. The lowest BCUT2D eigenvalue weighted by Crippen LogP contribution is -2.79. The predicted octanol–water partition coefficient (Wildman–Crippen LogP) is 1.42. The van der Waals surface area contributed by atoms with E-state index in [1.165, 1.54) is 6.07 Å². The Morgan fingerprint density at radius 2 is 1.70 bits per heavy atom. The highest BCUT2D eigenvalue weighted by Gasteiger charge is 2.75. The molecule has 3 aliphatic rings. The van der Waals surface area contributed by atoms with Crippen molar-refractivity contribution < 1.29 is 39.6 Å². The molecule has 2 saturated carbocycles. The summed E-state index contributed by atoms with van der Waals surface area (Å²) in [6.45, 7) is 7.70. The maximum Gasteiger partial charge on any atom is 0.234 e. The third-order valence-corrected chi connectivity index (χ3v) is 10.9. The number of nitrogens with two attached hydrogens (primary N) is 1. The number of fused-ring (bicyclic) bond motifs is 3. The van der Waals surface area contributed by atoms with E-state index in [2.05, 4.69) is 5.32 Å². The molecule has 46 heavy (non-hydrogen) atoms. The van der Waals surface area contributed by atoms with Gasteiger partial charge in [0, 0.05) is 12.0 Å². The van der Waals surface area contributed by atoms with Crippen LogP contribution in [0.2, 0.25) is 0 Å². The molecule has 248 valence electrons. The number of amides is 2. The van der Waals surface area contributed by atoms with E-state index in [0.717, 1.165) is 11.1 Å². The van der Waals surface area contributed by atoms with Crippen LogP contribution in [0.5, 0.6) is 5.75 Å². The van der Waals surface area contributed by atoms with Crippen LogP contribution in [0.25, 0.3) is 11.1 Å². The molecule has 2 aromatic rings. The number of phenols is 1. The fourth-order valence-corrected chi connectivity index (χ4v) is 9.15. The van der Waals surface area contributed by atoms with Gasteiger partial charge in [0.1, 0.15) is 17.8 Å². The minimum Gasteiger partial charge on any atom is -0.507 e. The molecule has 0 aliphatic heterocycles. The Morgan fingerprint density at radius 3 is 2.26 bits per heavy atom. The fourth-order valence-electron chi connectivity index (χ4n) is 9.15. The van der Waals surface area contributed by atoms with Crippen LogP contribution in [0.15, 0.2) is 36.4 Å². The summed E-state index contributed by atoms with van der Waals surface area (Å²) < 4.78 is 0. The Balaban J connectivity index is 1.57. The highest BCUT2D eigenvalue weighted by Crippen LogP contribution is 2.66. The van der Waals surface area contributed by atoms with Crippen molar-refractivity contribution in [2.24, 2.45) is 40.2 Å². The summed E-state index contributed by atoms with van der Waals surface area (Å²) in [5.74, 6) is -7.36. The smallest absolute Gasteiger partial charge is 0.234 e. The van der Waals surface area contributed by atoms with Gasteiger partial charge in [0.25, 0.3) is 0 Å². The minimum atomic E-state index is -2.55. The van der Waals surface area contributed by atoms with Crippen molar-refractivity contribution in [1.29, 1.82) is 0 Å². The van der Waals surface area contributed by atoms with Gasteiger partial charge in [0.15, 0.2) is 17.2 Å². The highest BCUT2D eigenvalue weighted by atomic mass is 16.4. The second kappa shape index (κ2) is 11.6. The van der Waals surface area contributed by atoms with Crippen molar-refractivity contribution >= 4 is 23.4 Å². The summed E-state index contributed by atoms with van der Waals surface area (Å²) in [4.78, 5) is 54.5. The van der Waals surface area contributed by atoms with Crippen LogP contribution in [-0.4, -0.2) is 87.2 Å². The van der Waals surface area contributed by atoms with E-state index in [1.807, 2.05) is 59.1 Å². The maximum atomic E-state index is 14.3. The van der Waals surface area contributed by atoms with Gasteiger partial charge in [-0.15, -0.1) is 0 Å². The molecule has 3 aliphatic carbocycles. The molecule has 2 unspecified atom stereocenters. The number of aliphatic hydroxyl groups excluding tert-OH is 2. The van der Waals surface area contributed by atoms with Gasteiger partial charge >= 0.3 is 0 Å². The first-order valence-electron chi connectivity index (χ1n) is 15.7. The summed E-state index contributed by atoms with van der Waals surface area (Å²) >= 11 is 0. The van der Waals surface area contributed by atoms with Gasteiger partial charge in [-0.05, 0) is 72.5 Å². The predicted molar refractivity (Wildman–Crippen MR) is 169 cm³/mol. The first-order valence-corrected chi connectivity index (χ1v) is 15.7. The Labute approximate surface area is 268 Å². The Morgan fingerprint density at radius 1 is 1.07 bits per heavy atom. The number of primary amides is 1. The van der Waals surface area contributed by atoms with Crippen LogP contribution in [0.4, 0.5) is 0 Å². The maximum absolute atomic E-state index is 14.3.